The molecule has 0 saturated carbocycles. The van der Waals surface area contributed by atoms with E-state index in [2.05, 4.69) is 15.9 Å². The number of carboxylic acids is 1. The molecule has 0 unspecified atom stereocenters. The lowest BCUT2D eigenvalue weighted by atomic mass is 10.1. The van der Waals surface area contributed by atoms with Crippen molar-refractivity contribution in [1.82, 2.24) is 9.80 Å². The molecular formula is C14H17BrN2O3. The fourth-order valence-corrected chi connectivity index (χ4v) is 2.66. The summed E-state index contributed by atoms with van der Waals surface area (Å²) in [6.07, 6.45) is 0. The van der Waals surface area contributed by atoms with E-state index in [0.29, 0.717) is 31.7 Å². The Balaban J connectivity index is 2.01. The first-order valence-electron chi connectivity index (χ1n) is 6.47. The number of amides is 1. The van der Waals surface area contributed by atoms with Gasteiger partial charge in [-0.1, -0.05) is 22.0 Å². The van der Waals surface area contributed by atoms with Gasteiger partial charge in [-0.15, -0.1) is 0 Å². The van der Waals surface area contributed by atoms with Crippen molar-refractivity contribution >= 4 is 27.8 Å². The fourth-order valence-electron chi connectivity index (χ4n) is 2.30. The van der Waals surface area contributed by atoms with Gasteiger partial charge in [0.05, 0.1) is 6.54 Å². The molecule has 1 fully saturated rings. The van der Waals surface area contributed by atoms with Gasteiger partial charge in [-0.05, 0) is 24.6 Å². The number of aryl methyl sites for hydroxylation is 1. The maximum absolute atomic E-state index is 12.5. The van der Waals surface area contributed by atoms with E-state index in [1.165, 1.54) is 0 Å². The van der Waals surface area contributed by atoms with E-state index in [1.54, 1.807) is 4.90 Å². The molecule has 1 aliphatic heterocycles. The van der Waals surface area contributed by atoms with Crippen molar-refractivity contribution in [2.24, 2.45) is 0 Å². The van der Waals surface area contributed by atoms with Crippen molar-refractivity contribution in [3.8, 4) is 0 Å². The van der Waals surface area contributed by atoms with Crippen molar-refractivity contribution in [2.45, 2.75) is 6.92 Å². The SMILES string of the molecule is Cc1ccc(Br)cc1C(=O)N1CCN(CC(=O)O)CC1. The molecule has 1 N–H and O–H groups in total. The molecule has 2 rings (SSSR count). The molecule has 0 radical (unpaired) electrons. The Kier molecular flexibility index (Phi) is 4.77. The van der Waals surface area contributed by atoms with E-state index < -0.39 is 5.97 Å². The number of halogens is 1. The average Bonchev–Trinajstić information content (AvgIpc) is 2.41. The second-order valence-electron chi connectivity index (χ2n) is 4.92. The van der Waals surface area contributed by atoms with E-state index in [4.69, 9.17) is 5.11 Å². The van der Waals surface area contributed by atoms with Crippen LogP contribution in [0, 0.1) is 6.92 Å². The van der Waals surface area contributed by atoms with Crippen LogP contribution >= 0.6 is 15.9 Å². The number of carbonyl (C=O) groups is 2. The normalized spacial score (nSPS) is 16.2. The Morgan fingerprint density at radius 2 is 1.90 bits per heavy atom. The highest BCUT2D eigenvalue weighted by Gasteiger charge is 2.24. The zero-order valence-corrected chi connectivity index (χ0v) is 12.9. The molecule has 0 atom stereocenters. The Morgan fingerprint density at radius 3 is 2.50 bits per heavy atom. The van der Waals surface area contributed by atoms with Gasteiger partial charge < -0.3 is 10.0 Å². The Bertz CT molecular complexity index is 525. The molecular weight excluding hydrogens is 324 g/mol. The smallest absolute Gasteiger partial charge is 0.317 e. The third-order valence-corrected chi connectivity index (χ3v) is 3.94. The minimum absolute atomic E-state index is 0.0128. The number of hydrogen-bond acceptors (Lipinski definition) is 3. The van der Waals surface area contributed by atoms with Crippen LogP contribution in [0.5, 0.6) is 0 Å². The summed E-state index contributed by atoms with van der Waals surface area (Å²) in [5, 5.41) is 8.76. The monoisotopic (exact) mass is 340 g/mol. The van der Waals surface area contributed by atoms with Crippen LogP contribution in [0.25, 0.3) is 0 Å². The molecule has 0 aliphatic carbocycles. The van der Waals surface area contributed by atoms with E-state index in [-0.39, 0.29) is 12.5 Å². The van der Waals surface area contributed by atoms with Crippen molar-refractivity contribution in [2.75, 3.05) is 32.7 Å². The number of nitrogens with zero attached hydrogens (tertiary/aromatic N) is 2. The Labute approximate surface area is 126 Å². The van der Waals surface area contributed by atoms with E-state index in [1.807, 2.05) is 30.0 Å². The first-order chi connectivity index (χ1) is 9.47. The number of carbonyl (C=O) groups excluding carboxylic acids is 1. The van der Waals surface area contributed by atoms with Gasteiger partial charge in [0.2, 0.25) is 0 Å². The summed E-state index contributed by atoms with van der Waals surface area (Å²) in [7, 11) is 0. The second kappa shape index (κ2) is 6.37. The summed E-state index contributed by atoms with van der Waals surface area (Å²) >= 11 is 3.38. The number of benzene rings is 1. The molecule has 1 aromatic rings. The summed E-state index contributed by atoms with van der Waals surface area (Å²) in [5.41, 5.74) is 1.65. The zero-order valence-electron chi connectivity index (χ0n) is 11.3. The van der Waals surface area contributed by atoms with Crippen LogP contribution in [0.15, 0.2) is 22.7 Å². The first kappa shape index (κ1) is 15.0. The third kappa shape index (κ3) is 3.58. The van der Waals surface area contributed by atoms with Gasteiger partial charge >= 0.3 is 5.97 Å². The number of carboxylic acid groups (broad SMARTS) is 1. The standard InChI is InChI=1S/C14H17BrN2O3/c1-10-2-3-11(15)8-12(10)14(20)17-6-4-16(5-7-17)9-13(18)19/h2-3,8H,4-7,9H2,1H3,(H,18,19). The van der Waals surface area contributed by atoms with Gasteiger partial charge in [-0.25, -0.2) is 0 Å². The predicted molar refractivity (Wildman–Crippen MR) is 78.9 cm³/mol. The number of piperazine rings is 1. The van der Waals surface area contributed by atoms with E-state index >= 15 is 0 Å². The number of rotatable bonds is 3. The van der Waals surface area contributed by atoms with Gasteiger partial charge in [0.25, 0.3) is 5.91 Å². The topological polar surface area (TPSA) is 60.9 Å². The molecule has 6 heteroatoms. The lowest BCUT2D eigenvalue weighted by Crippen LogP contribution is -2.50. The maximum Gasteiger partial charge on any atom is 0.317 e. The summed E-state index contributed by atoms with van der Waals surface area (Å²) in [6.45, 7) is 4.30. The van der Waals surface area contributed by atoms with Crippen LogP contribution in [-0.2, 0) is 4.79 Å². The van der Waals surface area contributed by atoms with Gasteiger partial charge in [-0.3, -0.25) is 14.5 Å². The van der Waals surface area contributed by atoms with Crippen LogP contribution in [0.2, 0.25) is 0 Å². The molecule has 5 nitrogen and oxygen atoms in total. The molecule has 0 spiro atoms. The van der Waals surface area contributed by atoms with Gasteiger partial charge in [0.15, 0.2) is 0 Å². The summed E-state index contributed by atoms with van der Waals surface area (Å²) in [5.74, 6) is -0.814. The highest BCUT2D eigenvalue weighted by molar-refractivity contribution is 9.10. The molecule has 1 heterocycles. The van der Waals surface area contributed by atoms with Crippen molar-refractivity contribution in [3.63, 3.8) is 0 Å². The molecule has 1 amide bonds. The molecule has 0 bridgehead atoms. The maximum atomic E-state index is 12.5. The molecule has 0 aromatic heterocycles. The minimum Gasteiger partial charge on any atom is -0.480 e. The molecule has 108 valence electrons. The van der Waals surface area contributed by atoms with Crippen molar-refractivity contribution in [3.05, 3.63) is 33.8 Å². The molecule has 1 saturated heterocycles. The lowest BCUT2D eigenvalue weighted by Gasteiger charge is -2.34. The van der Waals surface area contributed by atoms with Crippen molar-refractivity contribution in [1.29, 1.82) is 0 Å². The summed E-state index contributed by atoms with van der Waals surface area (Å²) in [6, 6.07) is 5.66. The van der Waals surface area contributed by atoms with Gasteiger partial charge in [0.1, 0.15) is 0 Å². The highest BCUT2D eigenvalue weighted by Crippen LogP contribution is 2.18. The molecule has 20 heavy (non-hydrogen) atoms. The van der Waals surface area contributed by atoms with E-state index in [9.17, 15) is 9.59 Å². The summed E-state index contributed by atoms with van der Waals surface area (Å²) in [4.78, 5) is 26.8. The fraction of sp³-hybridized carbons (Fsp3) is 0.429. The lowest BCUT2D eigenvalue weighted by molar-refractivity contribution is -0.138. The van der Waals surface area contributed by atoms with E-state index in [0.717, 1.165) is 10.0 Å². The van der Waals surface area contributed by atoms with Crippen LogP contribution in [0.4, 0.5) is 0 Å². The van der Waals surface area contributed by atoms with Crippen LogP contribution < -0.4 is 0 Å². The third-order valence-electron chi connectivity index (χ3n) is 3.45. The Morgan fingerprint density at radius 1 is 1.25 bits per heavy atom. The number of hydrogen-bond donors (Lipinski definition) is 1. The largest absolute Gasteiger partial charge is 0.480 e. The summed E-state index contributed by atoms with van der Waals surface area (Å²) < 4.78 is 0.885. The highest BCUT2D eigenvalue weighted by atomic mass is 79.9. The van der Waals surface area contributed by atoms with Crippen LogP contribution in [0.3, 0.4) is 0 Å². The molecule has 1 aromatic carbocycles. The average molecular weight is 341 g/mol. The van der Waals surface area contributed by atoms with Crippen LogP contribution in [-0.4, -0.2) is 59.5 Å². The van der Waals surface area contributed by atoms with Gasteiger partial charge in [-0.2, -0.15) is 0 Å². The Hall–Kier alpha value is -1.40. The van der Waals surface area contributed by atoms with Crippen molar-refractivity contribution < 1.29 is 14.7 Å². The van der Waals surface area contributed by atoms with Crippen LogP contribution in [0.1, 0.15) is 15.9 Å². The van der Waals surface area contributed by atoms with Gasteiger partial charge in [0, 0.05) is 36.2 Å². The number of aliphatic carboxylic acids is 1. The predicted octanol–water partition coefficient (Wildman–Crippen LogP) is 1.60. The second-order valence-corrected chi connectivity index (χ2v) is 5.84. The quantitative estimate of drug-likeness (QED) is 0.907. The molecule has 1 aliphatic rings. The minimum atomic E-state index is -0.826. The first-order valence-corrected chi connectivity index (χ1v) is 7.26. The zero-order chi connectivity index (χ0) is 14.7.